The second-order valence-corrected chi connectivity index (χ2v) is 7.53. The van der Waals surface area contributed by atoms with Crippen molar-refractivity contribution >= 4 is 27.8 Å². The van der Waals surface area contributed by atoms with Gasteiger partial charge in [-0.1, -0.05) is 36.1 Å². The van der Waals surface area contributed by atoms with Crippen molar-refractivity contribution in [2.24, 2.45) is 0 Å². The lowest BCUT2D eigenvalue weighted by molar-refractivity contribution is 0.594. The highest BCUT2D eigenvalue weighted by atomic mass is 16.1. The molecule has 0 aliphatic heterocycles. The van der Waals surface area contributed by atoms with Crippen LogP contribution in [0.15, 0.2) is 59.9 Å². The number of nitrogens with zero attached hydrogens (tertiary/aromatic N) is 7. The molecule has 5 rings (SSSR count). The number of aromatic nitrogens is 8. The topological polar surface area (TPSA) is 99.2 Å². The SMILES string of the molecule is C=C(C)n1c(=O)n(Cc2nc3ccccc3n2CCCc2nn[nH]n2)c2ccccc21. The molecule has 156 valence electrons. The maximum absolute atomic E-state index is 13.2. The molecule has 3 heterocycles. The molecule has 0 saturated carbocycles. The van der Waals surface area contributed by atoms with Gasteiger partial charge in [0.05, 0.1) is 28.6 Å². The number of benzene rings is 2. The highest BCUT2D eigenvalue weighted by molar-refractivity contribution is 5.80. The zero-order chi connectivity index (χ0) is 21.4. The van der Waals surface area contributed by atoms with Gasteiger partial charge in [-0.25, -0.2) is 9.78 Å². The molecule has 0 atom stereocenters. The Morgan fingerprint density at radius 2 is 1.77 bits per heavy atom. The summed E-state index contributed by atoms with van der Waals surface area (Å²) < 4.78 is 5.59. The fraction of sp³-hybridized carbons (Fsp3) is 0.227. The maximum Gasteiger partial charge on any atom is 0.333 e. The van der Waals surface area contributed by atoms with Crippen LogP contribution in [-0.4, -0.2) is 39.3 Å². The lowest BCUT2D eigenvalue weighted by Gasteiger charge is -2.09. The minimum Gasteiger partial charge on any atom is -0.326 e. The van der Waals surface area contributed by atoms with Gasteiger partial charge in [0, 0.05) is 18.7 Å². The Labute approximate surface area is 177 Å². The number of tetrazole rings is 1. The van der Waals surface area contributed by atoms with Crippen LogP contribution in [-0.2, 0) is 19.5 Å². The van der Waals surface area contributed by atoms with Gasteiger partial charge in [0.2, 0.25) is 0 Å². The Morgan fingerprint density at radius 3 is 2.52 bits per heavy atom. The third kappa shape index (κ3) is 3.33. The molecule has 0 bridgehead atoms. The summed E-state index contributed by atoms with van der Waals surface area (Å²) in [7, 11) is 0. The summed E-state index contributed by atoms with van der Waals surface area (Å²) in [4.78, 5) is 18.1. The maximum atomic E-state index is 13.2. The predicted octanol–water partition coefficient (Wildman–Crippen LogP) is 2.84. The van der Waals surface area contributed by atoms with Gasteiger partial charge in [-0.3, -0.25) is 9.13 Å². The van der Waals surface area contributed by atoms with E-state index >= 15 is 0 Å². The smallest absolute Gasteiger partial charge is 0.326 e. The summed E-state index contributed by atoms with van der Waals surface area (Å²) in [6, 6.07) is 15.8. The second kappa shape index (κ2) is 7.67. The quantitative estimate of drug-likeness (QED) is 0.441. The van der Waals surface area contributed by atoms with Crippen molar-refractivity contribution in [1.82, 2.24) is 39.3 Å². The van der Waals surface area contributed by atoms with Gasteiger partial charge in [0.25, 0.3) is 0 Å². The number of rotatable bonds is 7. The molecule has 9 heteroatoms. The lowest BCUT2D eigenvalue weighted by atomic mass is 10.2. The first-order valence-electron chi connectivity index (χ1n) is 10.2. The third-order valence-electron chi connectivity index (χ3n) is 5.42. The Kier molecular flexibility index (Phi) is 4.70. The van der Waals surface area contributed by atoms with Gasteiger partial charge < -0.3 is 4.57 Å². The molecule has 3 aromatic heterocycles. The van der Waals surface area contributed by atoms with Crippen molar-refractivity contribution in [3.05, 3.63) is 77.2 Å². The summed E-state index contributed by atoms with van der Waals surface area (Å²) in [5.41, 5.74) is 4.24. The van der Waals surface area contributed by atoms with Crippen molar-refractivity contribution < 1.29 is 0 Å². The fourth-order valence-corrected chi connectivity index (χ4v) is 4.05. The summed E-state index contributed by atoms with van der Waals surface area (Å²) in [5, 5.41) is 14.1. The van der Waals surface area contributed by atoms with E-state index in [-0.39, 0.29) is 5.69 Å². The van der Waals surface area contributed by atoms with Crippen LogP contribution in [0.3, 0.4) is 0 Å². The Morgan fingerprint density at radius 1 is 1.03 bits per heavy atom. The molecule has 0 radical (unpaired) electrons. The summed E-state index contributed by atoms with van der Waals surface area (Å²) in [5.74, 6) is 1.52. The lowest BCUT2D eigenvalue weighted by Crippen LogP contribution is -2.25. The number of aryl methyl sites for hydroxylation is 2. The van der Waals surface area contributed by atoms with Crippen molar-refractivity contribution in [3.63, 3.8) is 0 Å². The average molecular weight is 414 g/mol. The molecular weight excluding hydrogens is 392 g/mol. The first kappa shape index (κ1) is 19.0. The number of H-pyrrole nitrogens is 1. The molecule has 9 nitrogen and oxygen atoms in total. The summed E-state index contributed by atoms with van der Waals surface area (Å²) in [6.45, 7) is 6.93. The van der Waals surface area contributed by atoms with Crippen LogP contribution < -0.4 is 5.69 Å². The van der Waals surface area contributed by atoms with Gasteiger partial charge in [-0.05, 0) is 37.6 Å². The number of hydrogen-bond donors (Lipinski definition) is 1. The van der Waals surface area contributed by atoms with Crippen molar-refractivity contribution in [2.45, 2.75) is 32.9 Å². The number of allylic oxidation sites excluding steroid dienone is 1. The molecule has 1 N–H and O–H groups in total. The zero-order valence-corrected chi connectivity index (χ0v) is 17.2. The standard InChI is InChI=1S/C22H22N8O/c1-15(2)30-19-11-6-5-10-18(19)29(22(30)31)14-21-23-16-8-3-4-9-17(16)28(21)13-7-12-20-24-26-27-25-20/h3-6,8-11H,1,7,12-14H2,2H3,(H,24,25,26,27). The van der Waals surface area contributed by atoms with Crippen molar-refractivity contribution in [1.29, 1.82) is 0 Å². The number of aromatic amines is 1. The van der Waals surface area contributed by atoms with Gasteiger partial charge in [0.15, 0.2) is 5.82 Å². The van der Waals surface area contributed by atoms with E-state index in [4.69, 9.17) is 4.98 Å². The zero-order valence-electron chi connectivity index (χ0n) is 17.2. The van der Waals surface area contributed by atoms with E-state index in [0.29, 0.717) is 24.5 Å². The molecule has 31 heavy (non-hydrogen) atoms. The van der Waals surface area contributed by atoms with E-state index in [1.54, 1.807) is 9.13 Å². The third-order valence-corrected chi connectivity index (χ3v) is 5.42. The predicted molar refractivity (Wildman–Crippen MR) is 119 cm³/mol. The van der Waals surface area contributed by atoms with E-state index in [0.717, 1.165) is 40.9 Å². The minimum absolute atomic E-state index is 0.112. The summed E-state index contributed by atoms with van der Waals surface area (Å²) >= 11 is 0. The molecule has 0 spiro atoms. The minimum atomic E-state index is -0.112. The molecule has 0 unspecified atom stereocenters. The Bertz CT molecular complexity index is 1440. The number of imidazole rings is 2. The Balaban J connectivity index is 1.56. The van der Waals surface area contributed by atoms with Crippen LogP contribution in [0.5, 0.6) is 0 Å². The van der Waals surface area contributed by atoms with Crippen LogP contribution in [0.25, 0.3) is 27.8 Å². The molecule has 2 aromatic carbocycles. The number of para-hydroxylation sites is 4. The van der Waals surface area contributed by atoms with E-state index in [1.165, 1.54) is 0 Å². The molecule has 0 aliphatic carbocycles. The van der Waals surface area contributed by atoms with Crippen LogP contribution in [0.2, 0.25) is 0 Å². The molecule has 0 saturated heterocycles. The van der Waals surface area contributed by atoms with Crippen LogP contribution in [0.4, 0.5) is 0 Å². The first-order valence-corrected chi connectivity index (χ1v) is 10.2. The van der Waals surface area contributed by atoms with Gasteiger partial charge in [-0.15, -0.1) is 10.2 Å². The van der Waals surface area contributed by atoms with Gasteiger partial charge in [0.1, 0.15) is 5.82 Å². The Hall–Kier alpha value is -4.01. The second-order valence-electron chi connectivity index (χ2n) is 7.53. The largest absolute Gasteiger partial charge is 0.333 e. The summed E-state index contributed by atoms with van der Waals surface area (Å²) in [6.07, 6.45) is 1.53. The monoisotopic (exact) mass is 414 g/mol. The average Bonchev–Trinajstić information content (AvgIpc) is 3.46. The van der Waals surface area contributed by atoms with E-state index in [1.807, 2.05) is 49.4 Å². The van der Waals surface area contributed by atoms with E-state index < -0.39 is 0 Å². The van der Waals surface area contributed by atoms with Crippen LogP contribution >= 0.6 is 0 Å². The van der Waals surface area contributed by atoms with Crippen molar-refractivity contribution in [2.75, 3.05) is 0 Å². The van der Waals surface area contributed by atoms with Crippen LogP contribution in [0, 0.1) is 0 Å². The molecule has 0 fully saturated rings. The molecule has 0 amide bonds. The molecule has 0 aliphatic rings. The van der Waals surface area contributed by atoms with E-state index in [2.05, 4.69) is 37.8 Å². The van der Waals surface area contributed by atoms with Crippen molar-refractivity contribution in [3.8, 4) is 0 Å². The number of fused-ring (bicyclic) bond motifs is 2. The molecular formula is C22H22N8O. The van der Waals surface area contributed by atoms with Gasteiger partial charge >= 0.3 is 5.69 Å². The van der Waals surface area contributed by atoms with Crippen LogP contribution in [0.1, 0.15) is 25.0 Å². The normalized spacial score (nSPS) is 11.5. The highest BCUT2D eigenvalue weighted by Gasteiger charge is 2.17. The number of nitrogens with one attached hydrogen (secondary N) is 1. The highest BCUT2D eigenvalue weighted by Crippen LogP contribution is 2.20. The number of hydrogen-bond acceptors (Lipinski definition) is 5. The van der Waals surface area contributed by atoms with E-state index in [9.17, 15) is 4.79 Å². The van der Waals surface area contributed by atoms with Gasteiger partial charge in [-0.2, -0.15) is 5.21 Å². The fourth-order valence-electron chi connectivity index (χ4n) is 4.05. The first-order chi connectivity index (χ1) is 15.1. The molecule has 5 aromatic rings.